The van der Waals surface area contributed by atoms with Gasteiger partial charge in [0.15, 0.2) is 0 Å². The third kappa shape index (κ3) is 4.63. The van der Waals surface area contributed by atoms with Gasteiger partial charge in [0.1, 0.15) is 0 Å². The van der Waals surface area contributed by atoms with Crippen molar-refractivity contribution in [3.63, 3.8) is 0 Å². The third-order valence-electron chi connectivity index (χ3n) is 3.90. The van der Waals surface area contributed by atoms with Crippen LogP contribution in [0.3, 0.4) is 0 Å². The van der Waals surface area contributed by atoms with Crippen LogP contribution in [-0.4, -0.2) is 33.8 Å². The maximum atomic E-state index is 12.2. The van der Waals surface area contributed by atoms with Crippen LogP contribution in [0.4, 0.5) is 0 Å². The molecule has 2 unspecified atom stereocenters. The first-order valence-electron chi connectivity index (χ1n) is 7.69. The lowest BCUT2D eigenvalue weighted by Crippen LogP contribution is -2.49. The van der Waals surface area contributed by atoms with E-state index in [-0.39, 0.29) is 18.0 Å². The fraction of sp³-hybridized carbons (Fsp3) is 0.733. The van der Waals surface area contributed by atoms with Crippen molar-refractivity contribution in [2.75, 3.05) is 0 Å². The van der Waals surface area contributed by atoms with Gasteiger partial charge >= 0.3 is 0 Å². The van der Waals surface area contributed by atoms with Gasteiger partial charge in [-0.15, -0.1) is 0 Å². The molecule has 112 valence electrons. The largest absolute Gasteiger partial charge is 0.352 e. The minimum absolute atomic E-state index is 0.115. The zero-order valence-corrected chi connectivity index (χ0v) is 12.5. The van der Waals surface area contributed by atoms with Crippen LogP contribution in [-0.2, 0) is 11.3 Å². The number of carbonyl (C=O) groups excluding carboxylic acids is 1. The third-order valence-corrected chi connectivity index (χ3v) is 3.90. The molecule has 5 nitrogen and oxygen atoms in total. The minimum atomic E-state index is -0.164. The fourth-order valence-corrected chi connectivity index (χ4v) is 2.82. The second-order valence-corrected chi connectivity index (χ2v) is 5.86. The summed E-state index contributed by atoms with van der Waals surface area (Å²) in [4.78, 5) is 12.2. The van der Waals surface area contributed by atoms with Crippen LogP contribution in [0.2, 0.25) is 0 Å². The van der Waals surface area contributed by atoms with Crippen LogP contribution in [0.1, 0.15) is 46.0 Å². The van der Waals surface area contributed by atoms with Crippen molar-refractivity contribution in [1.29, 1.82) is 0 Å². The van der Waals surface area contributed by atoms with Crippen LogP contribution in [0.15, 0.2) is 18.5 Å². The van der Waals surface area contributed by atoms with E-state index in [2.05, 4.69) is 22.7 Å². The van der Waals surface area contributed by atoms with Crippen LogP contribution in [0.25, 0.3) is 0 Å². The molecule has 0 bridgehead atoms. The summed E-state index contributed by atoms with van der Waals surface area (Å²) in [5.41, 5.74) is 0. The standard InChI is InChI=1S/C15H26N4O/c1-12(11-19-10-6-9-16-19)17-13(2)15(20)18-14-7-4-3-5-8-14/h6,9-10,12-14,17H,3-5,7-8,11H2,1-2H3,(H,18,20). The van der Waals surface area contributed by atoms with Crippen molar-refractivity contribution < 1.29 is 4.79 Å². The van der Waals surface area contributed by atoms with Gasteiger partial charge < -0.3 is 10.6 Å². The Labute approximate surface area is 121 Å². The highest BCUT2D eigenvalue weighted by molar-refractivity contribution is 5.81. The lowest BCUT2D eigenvalue weighted by Gasteiger charge is -2.26. The van der Waals surface area contributed by atoms with Crippen molar-refractivity contribution in [2.45, 2.75) is 70.6 Å². The van der Waals surface area contributed by atoms with Gasteiger partial charge in [-0.05, 0) is 32.8 Å². The Morgan fingerprint density at radius 2 is 2.10 bits per heavy atom. The summed E-state index contributed by atoms with van der Waals surface area (Å²) in [6, 6.07) is 2.33. The first kappa shape index (κ1) is 15.0. The molecule has 20 heavy (non-hydrogen) atoms. The molecule has 0 aliphatic heterocycles. The molecule has 1 saturated carbocycles. The second-order valence-electron chi connectivity index (χ2n) is 5.86. The lowest BCUT2D eigenvalue weighted by atomic mass is 9.95. The molecule has 5 heteroatoms. The first-order valence-corrected chi connectivity index (χ1v) is 7.69. The molecule has 0 radical (unpaired) electrons. The molecular weight excluding hydrogens is 252 g/mol. The molecule has 1 aromatic rings. The van der Waals surface area contributed by atoms with Crippen LogP contribution >= 0.6 is 0 Å². The Balaban J connectivity index is 1.72. The Hall–Kier alpha value is -1.36. The van der Waals surface area contributed by atoms with Crippen molar-refractivity contribution in [3.05, 3.63) is 18.5 Å². The second kappa shape index (κ2) is 7.43. The van der Waals surface area contributed by atoms with Gasteiger partial charge in [-0.25, -0.2) is 0 Å². The molecule has 2 N–H and O–H groups in total. The molecule has 1 aliphatic rings. The molecule has 2 rings (SSSR count). The molecule has 0 aromatic carbocycles. The average Bonchev–Trinajstić information content (AvgIpc) is 2.92. The van der Waals surface area contributed by atoms with E-state index in [0.29, 0.717) is 6.04 Å². The van der Waals surface area contributed by atoms with Gasteiger partial charge in [0.05, 0.1) is 12.6 Å². The zero-order chi connectivity index (χ0) is 14.4. The number of aromatic nitrogens is 2. The van der Waals surface area contributed by atoms with Crippen molar-refractivity contribution in [1.82, 2.24) is 20.4 Å². The maximum Gasteiger partial charge on any atom is 0.237 e. The summed E-state index contributed by atoms with van der Waals surface area (Å²) in [5, 5.41) is 10.7. The van der Waals surface area contributed by atoms with E-state index in [4.69, 9.17) is 0 Å². The molecule has 0 saturated heterocycles. The first-order chi connectivity index (χ1) is 9.65. The monoisotopic (exact) mass is 278 g/mol. The SMILES string of the molecule is CC(Cn1cccn1)NC(C)C(=O)NC1CCCCC1. The molecule has 1 fully saturated rings. The van der Waals surface area contributed by atoms with Crippen molar-refractivity contribution >= 4 is 5.91 Å². The van der Waals surface area contributed by atoms with E-state index in [1.807, 2.05) is 23.9 Å². The predicted octanol–water partition coefficient (Wildman–Crippen LogP) is 1.70. The fourth-order valence-electron chi connectivity index (χ4n) is 2.82. The molecule has 1 amide bonds. The Kier molecular flexibility index (Phi) is 5.59. The maximum absolute atomic E-state index is 12.2. The summed E-state index contributed by atoms with van der Waals surface area (Å²) in [6.07, 6.45) is 9.74. The average molecular weight is 278 g/mol. The van der Waals surface area contributed by atoms with Gasteiger partial charge in [-0.3, -0.25) is 9.48 Å². The highest BCUT2D eigenvalue weighted by Gasteiger charge is 2.20. The van der Waals surface area contributed by atoms with Crippen LogP contribution in [0, 0.1) is 0 Å². The summed E-state index contributed by atoms with van der Waals surface area (Å²) in [6.45, 7) is 4.78. The normalized spacial score (nSPS) is 19.5. The number of nitrogens with zero attached hydrogens (tertiary/aromatic N) is 2. The predicted molar refractivity (Wildman–Crippen MR) is 79.3 cm³/mol. The molecule has 0 spiro atoms. The number of amides is 1. The highest BCUT2D eigenvalue weighted by Crippen LogP contribution is 2.17. The number of nitrogens with one attached hydrogen (secondary N) is 2. The van der Waals surface area contributed by atoms with Crippen molar-refractivity contribution in [2.24, 2.45) is 0 Å². The van der Waals surface area contributed by atoms with E-state index in [9.17, 15) is 4.79 Å². The highest BCUT2D eigenvalue weighted by atomic mass is 16.2. The Morgan fingerprint density at radius 1 is 1.35 bits per heavy atom. The molecule has 1 aliphatic carbocycles. The molecular formula is C15H26N4O. The summed E-state index contributed by atoms with van der Waals surface area (Å²) < 4.78 is 1.88. The van der Waals surface area contributed by atoms with E-state index >= 15 is 0 Å². The van der Waals surface area contributed by atoms with E-state index in [0.717, 1.165) is 19.4 Å². The quantitative estimate of drug-likeness (QED) is 0.832. The van der Waals surface area contributed by atoms with E-state index in [1.165, 1.54) is 19.3 Å². The molecule has 1 aromatic heterocycles. The van der Waals surface area contributed by atoms with Gasteiger partial charge in [0, 0.05) is 24.5 Å². The van der Waals surface area contributed by atoms with E-state index in [1.54, 1.807) is 6.20 Å². The smallest absolute Gasteiger partial charge is 0.237 e. The molecule has 1 heterocycles. The van der Waals surface area contributed by atoms with Gasteiger partial charge in [0.25, 0.3) is 0 Å². The van der Waals surface area contributed by atoms with Gasteiger partial charge in [0.2, 0.25) is 5.91 Å². The van der Waals surface area contributed by atoms with Gasteiger partial charge in [-0.1, -0.05) is 19.3 Å². The number of rotatable bonds is 6. The number of carbonyl (C=O) groups is 1. The minimum Gasteiger partial charge on any atom is -0.352 e. The molecule has 2 atom stereocenters. The summed E-state index contributed by atoms with van der Waals surface area (Å²) in [5.74, 6) is 0.115. The van der Waals surface area contributed by atoms with Crippen LogP contribution < -0.4 is 10.6 Å². The van der Waals surface area contributed by atoms with E-state index < -0.39 is 0 Å². The summed E-state index contributed by atoms with van der Waals surface area (Å²) in [7, 11) is 0. The Bertz CT molecular complexity index is 398. The number of hydrogen-bond acceptors (Lipinski definition) is 3. The number of hydrogen-bond donors (Lipinski definition) is 2. The zero-order valence-electron chi connectivity index (χ0n) is 12.5. The summed E-state index contributed by atoms with van der Waals surface area (Å²) >= 11 is 0. The van der Waals surface area contributed by atoms with Crippen LogP contribution in [0.5, 0.6) is 0 Å². The lowest BCUT2D eigenvalue weighted by molar-refractivity contribution is -0.123. The van der Waals surface area contributed by atoms with Gasteiger partial charge in [-0.2, -0.15) is 5.10 Å². The van der Waals surface area contributed by atoms with Crippen molar-refractivity contribution in [3.8, 4) is 0 Å². The topological polar surface area (TPSA) is 59.0 Å². The Morgan fingerprint density at radius 3 is 2.75 bits per heavy atom.